The van der Waals surface area contributed by atoms with Gasteiger partial charge in [0, 0.05) is 37.3 Å². The number of amides is 1. The standard InChI is InChI=1S/C18H21FN4O3/c1-2-26-16(24)11-23(10-12-3-5-13(19)6-4-12)18(25)17-14-9-20-8-7-15(14)21-22-17/h3-6,20H,2,7-11H2,1H3,(H,21,22). The highest BCUT2D eigenvalue weighted by Crippen LogP contribution is 2.18. The van der Waals surface area contributed by atoms with Gasteiger partial charge in [0.05, 0.1) is 6.61 Å². The third-order valence-electron chi connectivity index (χ3n) is 4.21. The second-order valence-corrected chi connectivity index (χ2v) is 6.05. The summed E-state index contributed by atoms with van der Waals surface area (Å²) in [5.74, 6) is -1.21. The Morgan fingerprint density at radius 2 is 2.08 bits per heavy atom. The van der Waals surface area contributed by atoms with Crippen LogP contribution in [0.5, 0.6) is 0 Å². The molecule has 26 heavy (non-hydrogen) atoms. The van der Waals surface area contributed by atoms with Gasteiger partial charge in [-0.25, -0.2) is 4.39 Å². The molecule has 2 N–H and O–H groups in total. The van der Waals surface area contributed by atoms with Gasteiger partial charge in [0.2, 0.25) is 0 Å². The van der Waals surface area contributed by atoms with Crippen molar-refractivity contribution in [1.82, 2.24) is 20.4 Å². The Hall–Kier alpha value is -2.74. The number of hydrogen-bond donors (Lipinski definition) is 2. The van der Waals surface area contributed by atoms with E-state index in [2.05, 4.69) is 15.5 Å². The maximum absolute atomic E-state index is 13.1. The van der Waals surface area contributed by atoms with Crippen molar-refractivity contribution in [3.05, 3.63) is 52.6 Å². The van der Waals surface area contributed by atoms with Gasteiger partial charge in [-0.15, -0.1) is 0 Å². The smallest absolute Gasteiger partial charge is 0.325 e. The molecule has 1 aliphatic rings. The number of halogens is 1. The molecule has 0 spiro atoms. The lowest BCUT2D eigenvalue weighted by Crippen LogP contribution is -2.37. The molecule has 0 fully saturated rings. The molecule has 0 aliphatic carbocycles. The minimum absolute atomic E-state index is 0.160. The summed E-state index contributed by atoms with van der Waals surface area (Å²) in [6, 6.07) is 5.82. The van der Waals surface area contributed by atoms with Crippen LogP contribution in [0.2, 0.25) is 0 Å². The number of esters is 1. The SMILES string of the molecule is CCOC(=O)CN(Cc1ccc(F)cc1)C(=O)c1n[nH]c2c1CNCC2. The van der Waals surface area contributed by atoms with Crippen molar-refractivity contribution in [2.24, 2.45) is 0 Å². The third kappa shape index (κ3) is 4.08. The Bertz CT molecular complexity index is 788. The van der Waals surface area contributed by atoms with Crippen LogP contribution < -0.4 is 5.32 Å². The lowest BCUT2D eigenvalue weighted by molar-refractivity contribution is -0.143. The lowest BCUT2D eigenvalue weighted by Gasteiger charge is -2.22. The molecule has 8 heteroatoms. The van der Waals surface area contributed by atoms with Gasteiger partial charge >= 0.3 is 5.97 Å². The maximum Gasteiger partial charge on any atom is 0.325 e. The summed E-state index contributed by atoms with van der Waals surface area (Å²) in [5.41, 5.74) is 2.78. The second kappa shape index (κ2) is 8.09. The van der Waals surface area contributed by atoms with Crippen LogP contribution in [-0.4, -0.2) is 46.7 Å². The average molecular weight is 360 g/mol. The first-order valence-electron chi connectivity index (χ1n) is 8.54. The molecule has 0 bridgehead atoms. The highest BCUT2D eigenvalue weighted by Gasteiger charge is 2.27. The van der Waals surface area contributed by atoms with Crippen LogP contribution in [0.25, 0.3) is 0 Å². The summed E-state index contributed by atoms with van der Waals surface area (Å²) < 4.78 is 18.1. The minimum Gasteiger partial charge on any atom is -0.465 e. The van der Waals surface area contributed by atoms with Gasteiger partial charge < -0.3 is 15.0 Å². The molecule has 2 aromatic rings. The van der Waals surface area contributed by atoms with Crippen LogP contribution in [0.4, 0.5) is 4.39 Å². The predicted molar refractivity (Wildman–Crippen MR) is 91.8 cm³/mol. The van der Waals surface area contributed by atoms with Crippen molar-refractivity contribution in [3.8, 4) is 0 Å². The summed E-state index contributed by atoms with van der Waals surface area (Å²) >= 11 is 0. The number of aromatic amines is 1. The van der Waals surface area contributed by atoms with Crippen LogP contribution >= 0.6 is 0 Å². The Morgan fingerprint density at radius 1 is 1.31 bits per heavy atom. The van der Waals surface area contributed by atoms with Crippen molar-refractivity contribution >= 4 is 11.9 Å². The maximum atomic E-state index is 13.1. The van der Waals surface area contributed by atoms with E-state index in [0.29, 0.717) is 17.8 Å². The number of carbonyl (C=O) groups excluding carboxylic acids is 2. The van der Waals surface area contributed by atoms with Gasteiger partial charge in [0.1, 0.15) is 12.4 Å². The average Bonchev–Trinajstić information content (AvgIpc) is 3.06. The zero-order chi connectivity index (χ0) is 18.5. The number of nitrogens with one attached hydrogen (secondary N) is 2. The van der Waals surface area contributed by atoms with Gasteiger partial charge in [-0.2, -0.15) is 5.10 Å². The molecule has 0 radical (unpaired) electrons. The molecule has 1 aromatic carbocycles. The van der Waals surface area contributed by atoms with Crippen molar-refractivity contribution in [2.75, 3.05) is 19.7 Å². The molecule has 1 amide bonds. The molecule has 1 aliphatic heterocycles. The predicted octanol–water partition coefficient (Wildman–Crippen LogP) is 1.40. The van der Waals surface area contributed by atoms with Gasteiger partial charge in [-0.05, 0) is 24.6 Å². The number of aromatic nitrogens is 2. The molecule has 138 valence electrons. The van der Waals surface area contributed by atoms with Crippen molar-refractivity contribution < 1.29 is 18.7 Å². The monoisotopic (exact) mass is 360 g/mol. The van der Waals surface area contributed by atoms with Crippen molar-refractivity contribution in [2.45, 2.75) is 26.4 Å². The summed E-state index contributed by atoms with van der Waals surface area (Å²) in [6.45, 7) is 3.28. The minimum atomic E-state index is -0.495. The van der Waals surface area contributed by atoms with Crippen LogP contribution in [-0.2, 0) is 29.0 Å². The quantitative estimate of drug-likeness (QED) is 0.761. The number of ether oxygens (including phenoxy) is 1. The molecular weight excluding hydrogens is 339 g/mol. The van der Waals surface area contributed by atoms with E-state index in [-0.39, 0.29) is 31.4 Å². The normalized spacial score (nSPS) is 13.2. The molecule has 2 heterocycles. The highest BCUT2D eigenvalue weighted by molar-refractivity contribution is 5.95. The zero-order valence-corrected chi connectivity index (χ0v) is 14.5. The van der Waals surface area contributed by atoms with E-state index < -0.39 is 5.97 Å². The fourth-order valence-corrected chi connectivity index (χ4v) is 2.92. The Kier molecular flexibility index (Phi) is 5.62. The largest absolute Gasteiger partial charge is 0.465 e. The first-order valence-corrected chi connectivity index (χ1v) is 8.54. The lowest BCUT2D eigenvalue weighted by atomic mass is 10.1. The molecule has 0 atom stereocenters. The number of hydrogen-bond acceptors (Lipinski definition) is 5. The Labute approximate surface area is 150 Å². The number of fused-ring (bicyclic) bond motifs is 1. The fourth-order valence-electron chi connectivity index (χ4n) is 2.92. The van der Waals surface area contributed by atoms with E-state index in [0.717, 1.165) is 24.2 Å². The third-order valence-corrected chi connectivity index (χ3v) is 4.21. The first-order chi connectivity index (χ1) is 12.6. The molecule has 0 saturated carbocycles. The van der Waals surface area contributed by atoms with Crippen molar-refractivity contribution in [1.29, 1.82) is 0 Å². The Morgan fingerprint density at radius 3 is 2.81 bits per heavy atom. The molecule has 1 aromatic heterocycles. The van der Waals surface area contributed by atoms with Crippen molar-refractivity contribution in [3.63, 3.8) is 0 Å². The fraction of sp³-hybridized carbons (Fsp3) is 0.389. The Balaban J connectivity index is 1.83. The molecule has 0 unspecified atom stereocenters. The molecule has 7 nitrogen and oxygen atoms in total. The zero-order valence-electron chi connectivity index (χ0n) is 14.5. The number of nitrogens with zero attached hydrogens (tertiary/aromatic N) is 2. The summed E-state index contributed by atoms with van der Waals surface area (Å²) in [6.07, 6.45) is 0.769. The van der Waals surface area contributed by atoms with Gasteiger partial charge in [0.25, 0.3) is 5.91 Å². The van der Waals surface area contributed by atoms with Gasteiger partial charge in [-0.1, -0.05) is 12.1 Å². The molecule has 0 saturated heterocycles. The van der Waals surface area contributed by atoms with Crippen LogP contribution in [0.3, 0.4) is 0 Å². The summed E-state index contributed by atoms with van der Waals surface area (Å²) in [4.78, 5) is 26.3. The van der Waals surface area contributed by atoms with E-state index in [1.165, 1.54) is 17.0 Å². The first kappa shape index (κ1) is 18.1. The number of rotatable bonds is 6. The van der Waals surface area contributed by atoms with Crippen LogP contribution in [0.15, 0.2) is 24.3 Å². The van der Waals surface area contributed by atoms with E-state index in [9.17, 15) is 14.0 Å². The highest BCUT2D eigenvalue weighted by atomic mass is 19.1. The second-order valence-electron chi connectivity index (χ2n) is 6.05. The van der Waals surface area contributed by atoms with Crippen LogP contribution in [0, 0.1) is 5.82 Å². The van der Waals surface area contributed by atoms with Gasteiger partial charge in [0.15, 0.2) is 5.69 Å². The number of carbonyl (C=O) groups is 2. The number of H-pyrrole nitrogens is 1. The summed E-state index contributed by atoms with van der Waals surface area (Å²) in [7, 11) is 0. The molecule has 3 rings (SSSR count). The molecular formula is C18H21FN4O3. The van der Waals surface area contributed by atoms with E-state index in [1.807, 2.05) is 0 Å². The van der Waals surface area contributed by atoms with E-state index in [4.69, 9.17) is 4.74 Å². The van der Waals surface area contributed by atoms with Gasteiger partial charge in [-0.3, -0.25) is 14.7 Å². The van der Waals surface area contributed by atoms with Crippen LogP contribution in [0.1, 0.15) is 34.2 Å². The van der Waals surface area contributed by atoms with E-state index >= 15 is 0 Å². The van der Waals surface area contributed by atoms with E-state index in [1.54, 1.807) is 19.1 Å². The number of benzene rings is 1. The topological polar surface area (TPSA) is 87.3 Å². The summed E-state index contributed by atoms with van der Waals surface area (Å²) in [5, 5.41) is 10.3.